The number of carbonyl (C=O) groups is 2. The van der Waals surface area contributed by atoms with Crippen molar-refractivity contribution in [3.63, 3.8) is 0 Å². The van der Waals surface area contributed by atoms with E-state index < -0.39 is 12.5 Å². The molecule has 2 aromatic rings. The number of amides is 2. The van der Waals surface area contributed by atoms with Crippen LogP contribution in [0.2, 0.25) is 0 Å². The first-order valence-electron chi connectivity index (χ1n) is 10.6. The maximum Gasteiger partial charge on any atom is 0.245 e. The molecule has 5 nitrogen and oxygen atoms in total. The molecule has 2 fully saturated rings. The zero-order valence-corrected chi connectivity index (χ0v) is 16.9. The van der Waals surface area contributed by atoms with Crippen molar-refractivity contribution in [2.75, 3.05) is 13.2 Å². The van der Waals surface area contributed by atoms with Crippen molar-refractivity contribution in [1.29, 1.82) is 0 Å². The maximum atomic E-state index is 13.6. The summed E-state index contributed by atoms with van der Waals surface area (Å²) in [6, 6.07) is 14.0. The van der Waals surface area contributed by atoms with Gasteiger partial charge in [0, 0.05) is 12.5 Å². The van der Waals surface area contributed by atoms with Crippen LogP contribution in [0, 0.1) is 11.7 Å². The average molecular weight is 410 g/mol. The third-order valence-corrected chi connectivity index (χ3v) is 6.30. The Hall–Kier alpha value is -2.73. The van der Waals surface area contributed by atoms with Crippen LogP contribution in [-0.4, -0.2) is 47.1 Å². The van der Waals surface area contributed by atoms with E-state index in [1.165, 1.54) is 12.1 Å². The van der Waals surface area contributed by atoms with Gasteiger partial charge in [-0.25, -0.2) is 4.39 Å². The molecule has 0 aromatic heterocycles. The van der Waals surface area contributed by atoms with Crippen molar-refractivity contribution in [1.82, 2.24) is 10.2 Å². The summed E-state index contributed by atoms with van der Waals surface area (Å²) in [4.78, 5) is 26.7. The van der Waals surface area contributed by atoms with E-state index in [2.05, 4.69) is 5.32 Å². The normalized spacial score (nSPS) is 21.3. The van der Waals surface area contributed by atoms with Crippen molar-refractivity contribution in [3.8, 4) is 11.1 Å². The molecule has 4 rings (SSSR count). The fourth-order valence-corrected chi connectivity index (χ4v) is 4.48. The van der Waals surface area contributed by atoms with Crippen molar-refractivity contribution in [2.45, 2.75) is 44.2 Å². The van der Waals surface area contributed by atoms with E-state index in [1.807, 2.05) is 35.2 Å². The molecule has 2 atom stereocenters. The van der Waals surface area contributed by atoms with Crippen LogP contribution in [0.15, 0.2) is 48.5 Å². The summed E-state index contributed by atoms with van der Waals surface area (Å²) in [5.74, 6) is -0.430. The van der Waals surface area contributed by atoms with Crippen LogP contribution in [0.4, 0.5) is 4.39 Å². The van der Waals surface area contributed by atoms with Crippen LogP contribution in [0.5, 0.6) is 0 Å². The molecule has 0 radical (unpaired) electrons. The van der Waals surface area contributed by atoms with Crippen molar-refractivity contribution < 1.29 is 19.1 Å². The summed E-state index contributed by atoms with van der Waals surface area (Å²) in [6.07, 6.45) is 4.24. The molecule has 2 N–H and O–H groups in total. The first kappa shape index (κ1) is 20.5. The lowest BCUT2D eigenvalue weighted by Gasteiger charge is -2.34. The van der Waals surface area contributed by atoms with Gasteiger partial charge in [0.15, 0.2) is 0 Å². The Balaban J connectivity index is 1.57. The molecule has 0 unspecified atom stereocenters. The molecule has 1 aliphatic heterocycles. The number of nitrogens with one attached hydrogen (secondary N) is 1. The predicted octanol–water partition coefficient (Wildman–Crippen LogP) is 2.91. The number of likely N-dealkylation sites (tertiary alicyclic amines) is 1. The molecule has 30 heavy (non-hydrogen) atoms. The molecule has 1 heterocycles. The van der Waals surface area contributed by atoms with E-state index in [0.717, 1.165) is 36.0 Å². The van der Waals surface area contributed by atoms with E-state index in [4.69, 9.17) is 5.11 Å². The smallest absolute Gasteiger partial charge is 0.245 e. The molecule has 158 valence electrons. The summed E-state index contributed by atoms with van der Waals surface area (Å²) in [6.45, 7) is 0.0504. The Kier molecular flexibility index (Phi) is 6.13. The lowest BCUT2D eigenvalue weighted by atomic mass is 9.84. The second kappa shape index (κ2) is 8.96. The fraction of sp³-hybridized carbons (Fsp3) is 0.417. The van der Waals surface area contributed by atoms with Crippen LogP contribution < -0.4 is 5.32 Å². The van der Waals surface area contributed by atoms with E-state index in [-0.39, 0.29) is 29.7 Å². The summed E-state index contributed by atoms with van der Waals surface area (Å²) < 4.78 is 13.6. The number of carbonyl (C=O) groups excluding carboxylic acids is 2. The Bertz CT molecular complexity index is 928. The van der Waals surface area contributed by atoms with Crippen LogP contribution in [0.25, 0.3) is 11.1 Å². The summed E-state index contributed by atoms with van der Waals surface area (Å²) in [5, 5.41) is 12.0. The number of nitrogens with zero attached hydrogens (tertiary/aromatic N) is 1. The number of halogens is 1. The highest BCUT2D eigenvalue weighted by Crippen LogP contribution is 2.32. The molecular formula is C24H27FN2O3. The van der Waals surface area contributed by atoms with Gasteiger partial charge < -0.3 is 15.3 Å². The Morgan fingerprint density at radius 2 is 1.80 bits per heavy atom. The molecule has 6 heteroatoms. The highest BCUT2D eigenvalue weighted by atomic mass is 19.1. The molecule has 2 amide bonds. The van der Waals surface area contributed by atoms with Crippen LogP contribution >= 0.6 is 0 Å². The first-order chi connectivity index (χ1) is 14.5. The Morgan fingerprint density at radius 1 is 1.07 bits per heavy atom. The van der Waals surface area contributed by atoms with Crippen molar-refractivity contribution >= 4 is 11.8 Å². The third-order valence-electron chi connectivity index (χ3n) is 6.30. The van der Waals surface area contributed by atoms with Gasteiger partial charge >= 0.3 is 0 Å². The Morgan fingerprint density at radius 3 is 2.47 bits per heavy atom. The molecular weight excluding hydrogens is 383 g/mol. The quantitative estimate of drug-likeness (QED) is 0.769. The SMILES string of the molecule is O=C(CO)N[C@@H]1CCN(C(=O)C2CCC2)[C@@H]1Cc1cccc(-c2cccc(F)c2)c1. The minimum Gasteiger partial charge on any atom is -0.387 e. The summed E-state index contributed by atoms with van der Waals surface area (Å²) in [7, 11) is 0. The number of rotatable bonds is 6. The standard InChI is InChI=1S/C24H27FN2O3/c25-20-9-3-8-19(14-20)18-7-1-4-16(12-18)13-22-21(26-23(29)15-28)10-11-27(22)24(30)17-5-2-6-17/h1,3-4,7-9,12,14,17,21-22,28H,2,5-6,10-11,13,15H2,(H,26,29)/t21-,22-/m1/s1. The molecule has 0 spiro atoms. The van der Waals surface area contributed by atoms with Gasteiger partial charge in [-0.2, -0.15) is 0 Å². The minimum atomic E-state index is -0.561. The largest absolute Gasteiger partial charge is 0.387 e. The minimum absolute atomic E-state index is 0.0958. The van der Waals surface area contributed by atoms with Gasteiger partial charge in [0.25, 0.3) is 0 Å². The van der Waals surface area contributed by atoms with E-state index in [0.29, 0.717) is 19.4 Å². The lowest BCUT2D eigenvalue weighted by Crippen LogP contribution is -2.50. The van der Waals surface area contributed by atoms with Gasteiger partial charge in [0.1, 0.15) is 12.4 Å². The zero-order valence-electron chi connectivity index (χ0n) is 16.9. The third kappa shape index (κ3) is 4.38. The van der Waals surface area contributed by atoms with Gasteiger partial charge in [-0.3, -0.25) is 9.59 Å². The van der Waals surface area contributed by atoms with E-state index >= 15 is 0 Å². The zero-order chi connectivity index (χ0) is 21.1. The topological polar surface area (TPSA) is 69.6 Å². The van der Waals surface area contributed by atoms with Gasteiger partial charge in [0.2, 0.25) is 11.8 Å². The lowest BCUT2D eigenvalue weighted by molar-refractivity contribution is -0.139. The number of benzene rings is 2. The predicted molar refractivity (Wildman–Crippen MR) is 112 cm³/mol. The summed E-state index contributed by atoms with van der Waals surface area (Å²) in [5.41, 5.74) is 2.74. The van der Waals surface area contributed by atoms with Crippen LogP contribution in [0.3, 0.4) is 0 Å². The average Bonchev–Trinajstić information content (AvgIpc) is 3.09. The molecule has 0 bridgehead atoms. The number of aliphatic hydroxyl groups excluding tert-OH is 1. The molecule has 1 aliphatic carbocycles. The number of aliphatic hydroxyl groups is 1. The number of hydrogen-bond acceptors (Lipinski definition) is 3. The monoisotopic (exact) mass is 410 g/mol. The maximum absolute atomic E-state index is 13.6. The Labute approximate surface area is 175 Å². The van der Waals surface area contributed by atoms with E-state index in [9.17, 15) is 14.0 Å². The fourth-order valence-electron chi connectivity index (χ4n) is 4.48. The van der Waals surface area contributed by atoms with Crippen LogP contribution in [0.1, 0.15) is 31.2 Å². The molecule has 2 aliphatic rings. The first-order valence-corrected chi connectivity index (χ1v) is 10.6. The highest BCUT2D eigenvalue weighted by molar-refractivity contribution is 5.81. The second-order valence-electron chi connectivity index (χ2n) is 8.26. The summed E-state index contributed by atoms with van der Waals surface area (Å²) >= 11 is 0. The highest BCUT2D eigenvalue weighted by Gasteiger charge is 2.41. The van der Waals surface area contributed by atoms with Gasteiger partial charge in [-0.15, -0.1) is 0 Å². The van der Waals surface area contributed by atoms with Gasteiger partial charge in [0.05, 0.1) is 12.1 Å². The van der Waals surface area contributed by atoms with Gasteiger partial charge in [-0.1, -0.05) is 42.8 Å². The van der Waals surface area contributed by atoms with Crippen LogP contribution in [-0.2, 0) is 16.0 Å². The van der Waals surface area contributed by atoms with Crippen molar-refractivity contribution in [3.05, 3.63) is 59.9 Å². The van der Waals surface area contributed by atoms with Crippen molar-refractivity contribution in [2.24, 2.45) is 5.92 Å². The molecule has 1 saturated carbocycles. The molecule has 2 aromatic carbocycles. The second-order valence-corrected chi connectivity index (χ2v) is 8.26. The van der Waals surface area contributed by atoms with Gasteiger partial charge in [-0.05, 0) is 54.5 Å². The van der Waals surface area contributed by atoms with E-state index in [1.54, 1.807) is 6.07 Å². The number of hydrogen-bond donors (Lipinski definition) is 2. The molecule has 1 saturated heterocycles.